The van der Waals surface area contributed by atoms with Gasteiger partial charge in [0.05, 0.1) is 23.7 Å². The van der Waals surface area contributed by atoms with Crippen molar-refractivity contribution in [2.75, 3.05) is 0 Å². The Morgan fingerprint density at radius 2 is 1.80 bits per heavy atom. The van der Waals surface area contributed by atoms with E-state index in [0.29, 0.717) is 17.3 Å². The topological polar surface area (TPSA) is 120 Å². The van der Waals surface area contributed by atoms with Gasteiger partial charge in [0, 0.05) is 29.8 Å². The summed E-state index contributed by atoms with van der Waals surface area (Å²) in [6.07, 6.45) is 10.5. The number of aromatic carboxylic acids is 1. The molecule has 0 saturated heterocycles. The van der Waals surface area contributed by atoms with Crippen molar-refractivity contribution in [2.24, 2.45) is 23.4 Å². The number of carbonyl (C=O) groups is 1. The van der Waals surface area contributed by atoms with Crippen molar-refractivity contribution < 1.29 is 14.6 Å². The van der Waals surface area contributed by atoms with Crippen LogP contribution in [-0.4, -0.2) is 38.0 Å². The van der Waals surface area contributed by atoms with Crippen molar-refractivity contribution in [3.05, 3.63) is 77.9 Å². The fourth-order valence-corrected chi connectivity index (χ4v) is 5.85. The van der Waals surface area contributed by atoms with Gasteiger partial charge in [-0.3, -0.25) is 0 Å². The molecule has 1 aromatic heterocycles. The molecule has 2 fully saturated rings. The second kappa shape index (κ2) is 11.8. The van der Waals surface area contributed by atoms with Crippen LogP contribution in [0, 0.1) is 11.8 Å². The van der Waals surface area contributed by atoms with E-state index in [4.69, 9.17) is 16.3 Å². The first-order chi connectivity index (χ1) is 19.2. The molecule has 8 heteroatoms. The summed E-state index contributed by atoms with van der Waals surface area (Å²) in [5, 5.41) is 16.0. The molecule has 2 aromatic carbocycles. The van der Waals surface area contributed by atoms with Gasteiger partial charge in [-0.05, 0) is 81.3 Å². The van der Waals surface area contributed by atoms with Gasteiger partial charge in [0.2, 0.25) is 0 Å². The Labute approximate surface area is 236 Å². The van der Waals surface area contributed by atoms with E-state index in [1.807, 2.05) is 44.2 Å². The molecule has 40 heavy (non-hydrogen) atoms. The number of ether oxygens (including phenoxy) is 1. The first-order valence-electron chi connectivity index (χ1n) is 14.4. The summed E-state index contributed by atoms with van der Waals surface area (Å²) in [6.45, 7) is 6.15. The van der Waals surface area contributed by atoms with Gasteiger partial charge in [0.1, 0.15) is 11.3 Å². The van der Waals surface area contributed by atoms with Crippen LogP contribution >= 0.6 is 0 Å². The first-order valence-corrected chi connectivity index (χ1v) is 14.4. The number of hydrogen-bond acceptors (Lipinski definition) is 6. The zero-order valence-corrected chi connectivity index (χ0v) is 23.7. The molecule has 5 N–H and O–H groups in total. The molecule has 2 aliphatic rings. The molecular formula is C32H41N5O3. The van der Waals surface area contributed by atoms with Crippen LogP contribution in [0.4, 0.5) is 0 Å². The number of carboxylic acids is 1. The predicted molar refractivity (Wildman–Crippen MR) is 157 cm³/mol. The Balaban J connectivity index is 1.40. The van der Waals surface area contributed by atoms with Gasteiger partial charge in [0.15, 0.2) is 0 Å². The molecule has 5 rings (SSSR count). The number of hydrogen-bond donors (Lipinski definition) is 3. The summed E-state index contributed by atoms with van der Waals surface area (Å²) < 4.78 is 8.13. The van der Waals surface area contributed by atoms with E-state index < -0.39 is 5.97 Å². The maximum atomic E-state index is 12.1. The summed E-state index contributed by atoms with van der Waals surface area (Å²) in [6, 6.07) is 16.3. The lowest BCUT2D eigenvalue weighted by molar-refractivity contribution is 0.0695. The number of aromatic nitrogens is 2. The molecule has 2 aliphatic carbocycles. The second-order valence-corrected chi connectivity index (χ2v) is 11.6. The molecule has 2 unspecified atom stereocenters. The van der Waals surface area contributed by atoms with E-state index in [1.54, 1.807) is 15.9 Å². The van der Waals surface area contributed by atoms with Crippen molar-refractivity contribution in [3.63, 3.8) is 0 Å². The van der Waals surface area contributed by atoms with Crippen molar-refractivity contribution >= 4 is 5.97 Å². The minimum absolute atomic E-state index is 0.0153. The van der Waals surface area contributed by atoms with Crippen LogP contribution in [-0.2, 0) is 0 Å². The van der Waals surface area contributed by atoms with E-state index in [1.165, 1.54) is 38.3 Å². The Morgan fingerprint density at radius 1 is 1.10 bits per heavy atom. The zero-order valence-electron chi connectivity index (χ0n) is 23.7. The zero-order chi connectivity index (χ0) is 28.4. The average molecular weight is 544 g/mol. The van der Waals surface area contributed by atoms with Gasteiger partial charge in [-0.1, -0.05) is 43.5 Å². The molecule has 0 radical (unpaired) electrons. The number of allylic oxidation sites excluding steroid dienone is 1. The van der Waals surface area contributed by atoms with Crippen LogP contribution in [0.15, 0.2) is 66.6 Å². The molecule has 0 aliphatic heterocycles. The van der Waals surface area contributed by atoms with Gasteiger partial charge >= 0.3 is 5.97 Å². The van der Waals surface area contributed by atoms with Crippen LogP contribution in [0.1, 0.15) is 81.3 Å². The van der Waals surface area contributed by atoms with E-state index in [2.05, 4.69) is 30.2 Å². The highest BCUT2D eigenvalue weighted by molar-refractivity contribution is 5.89. The number of nitrogens with two attached hydrogens (primary N) is 2. The number of benzene rings is 2. The molecule has 212 valence electrons. The highest BCUT2D eigenvalue weighted by atomic mass is 16.5. The third kappa shape index (κ3) is 6.02. The lowest BCUT2D eigenvalue weighted by atomic mass is 9.86. The van der Waals surface area contributed by atoms with E-state index in [0.717, 1.165) is 29.0 Å². The summed E-state index contributed by atoms with van der Waals surface area (Å²) in [7, 11) is 0. The molecule has 8 nitrogen and oxygen atoms in total. The van der Waals surface area contributed by atoms with Crippen LogP contribution in [0.2, 0.25) is 0 Å². The largest absolute Gasteiger partial charge is 0.490 e. The van der Waals surface area contributed by atoms with Gasteiger partial charge in [-0.25, -0.2) is 15.3 Å². The summed E-state index contributed by atoms with van der Waals surface area (Å²) in [4.78, 5) is 12.1. The highest BCUT2D eigenvalue weighted by Gasteiger charge is 2.45. The Hall–Kier alpha value is -3.78. The Bertz CT molecular complexity index is 1370. The van der Waals surface area contributed by atoms with Crippen LogP contribution in [0.25, 0.3) is 16.8 Å². The van der Waals surface area contributed by atoms with Crippen LogP contribution in [0.3, 0.4) is 0 Å². The molecule has 1 heterocycles. The van der Waals surface area contributed by atoms with Crippen molar-refractivity contribution in [2.45, 2.75) is 77.4 Å². The van der Waals surface area contributed by atoms with Crippen molar-refractivity contribution in [1.29, 1.82) is 0 Å². The van der Waals surface area contributed by atoms with Crippen LogP contribution in [0.5, 0.6) is 5.75 Å². The van der Waals surface area contributed by atoms with E-state index in [-0.39, 0.29) is 29.5 Å². The monoisotopic (exact) mass is 543 g/mol. The lowest BCUT2D eigenvalue weighted by Gasteiger charge is -2.28. The van der Waals surface area contributed by atoms with Gasteiger partial charge in [-0.2, -0.15) is 5.10 Å². The number of hydrazine groups is 1. The van der Waals surface area contributed by atoms with Gasteiger partial charge in [-0.15, -0.1) is 0 Å². The normalized spacial score (nSPS) is 20.4. The van der Waals surface area contributed by atoms with Gasteiger partial charge < -0.3 is 20.6 Å². The highest BCUT2D eigenvalue weighted by Crippen LogP contribution is 2.52. The molecule has 2 saturated carbocycles. The SMILES string of the molecule is CC(Oc1cccc(-c2cccc(-n3ncc(C(=O)O)c3[C@@H]3CC3/C(N)=C/N(N)C(C)C)c2)c1)C1CCCCC1. The Morgan fingerprint density at radius 3 is 2.50 bits per heavy atom. The quantitative estimate of drug-likeness (QED) is 0.210. The molecular weight excluding hydrogens is 502 g/mol. The summed E-state index contributed by atoms with van der Waals surface area (Å²) >= 11 is 0. The van der Waals surface area contributed by atoms with Gasteiger partial charge in [0.25, 0.3) is 0 Å². The predicted octanol–water partition coefficient (Wildman–Crippen LogP) is 6.07. The maximum Gasteiger partial charge on any atom is 0.339 e. The fourth-order valence-electron chi connectivity index (χ4n) is 5.85. The smallest absolute Gasteiger partial charge is 0.339 e. The minimum Gasteiger partial charge on any atom is -0.490 e. The van der Waals surface area contributed by atoms with Crippen molar-refractivity contribution in [1.82, 2.24) is 14.8 Å². The molecule has 3 aromatic rings. The molecule has 0 amide bonds. The van der Waals surface area contributed by atoms with Crippen molar-refractivity contribution in [3.8, 4) is 22.6 Å². The number of rotatable bonds is 10. The summed E-state index contributed by atoms with van der Waals surface area (Å²) in [5.41, 5.74) is 10.7. The second-order valence-electron chi connectivity index (χ2n) is 11.6. The number of carboxylic acid groups (broad SMARTS) is 1. The maximum absolute atomic E-state index is 12.1. The first kappa shape index (κ1) is 27.8. The molecule has 0 spiro atoms. The third-order valence-corrected chi connectivity index (χ3v) is 8.39. The lowest BCUT2D eigenvalue weighted by Crippen LogP contribution is -2.33. The Kier molecular flexibility index (Phi) is 8.17. The molecule has 0 bridgehead atoms. The fraction of sp³-hybridized carbons (Fsp3) is 0.438. The van der Waals surface area contributed by atoms with Crippen LogP contribution < -0.4 is 16.3 Å². The third-order valence-electron chi connectivity index (χ3n) is 8.39. The molecule has 3 atom stereocenters. The number of nitrogens with zero attached hydrogens (tertiary/aromatic N) is 3. The van der Waals surface area contributed by atoms with E-state index >= 15 is 0 Å². The van der Waals surface area contributed by atoms with E-state index in [9.17, 15) is 9.90 Å². The average Bonchev–Trinajstić information content (AvgIpc) is 3.63. The minimum atomic E-state index is -0.995. The standard InChI is InChI=1S/C32H41N5O3/c1-20(2)36(34)19-30(33)27-17-28(27)31-29(32(38)39)18-35-37(31)25-13-7-11-23(15-25)24-12-8-14-26(16-24)40-21(3)22-9-5-4-6-10-22/h7-8,11-16,18-22,27-28H,4-6,9-10,17,33-34H2,1-3H3,(H,38,39)/b30-19-/t21?,27?,28-/m1/s1. The summed E-state index contributed by atoms with van der Waals surface area (Å²) in [5.74, 6) is 6.50.